The second-order valence-corrected chi connectivity index (χ2v) is 3.46. The number of carboxylic acid groups (broad SMARTS) is 1. The van der Waals surface area contributed by atoms with Crippen LogP contribution in [0.4, 0.5) is 0 Å². The molecule has 0 fully saturated rings. The van der Waals surface area contributed by atoms with Gasteiger partial charge in [-0.3, -0.25) is 9.78 Å². The maximum atomic E-state index is 11.6. The van der Waals surface area contributed by atoms with Crippen LogP contribution in [0.5, 0.6) is 0 Å². The average Bonchev–Trinajstić information content (AvgIpc) is 2.26. The molecule has 1 rings (SSSR count). The van der Waals surface area contributed by atoms with Gasteiger partial charge in [-0.15, -0.1) is 0 Å². The number of nitrogens with zero attached hydrogens (tertiary/aromatic N) is 1. The third kappa shape index (κ3) is 3.05. The molecule has 1 aromatic heterocycles. The number of hydrogen-bond donors (Lipinski definition) is 2. The van der Waals surface area contributed by atoms with E-state index in [-0.39, 0.29) is 0 Å². The zero-order valence-corrected chi connectivity index (χ0v) is 9.23. The molecular formula is C11H14N2O3. The summed E-state index contributed by atoms with van der Waals surface area (Å²) in [6, 6.07) is 2.47. The number of aryl methyl sites for hydroxylation is 1. The number of nitrogens with one attached hydrogen (secondary N) is 1. The molecule has 1 aromatic rings. The normalized spacial score (nSPS) is 11.9. The summed E-state index contributed by atoms with van der Waals surface area (Å²) in [6.45, 7) is 3.51. The molecule has 0 aliphatic rings. The van der Waals surface area contributed by atoms with Gasteiger partial charge in [-0.05, 0) is 25.5 Å². The first-order chi connectivity index (χ1) is 7.54. The molecule has 1 atom stereocenters. The van der Waals surface area contributed by atoms with Crippen LogP contribution in [0.25, 0.3) is 0 Å². The Balaban J connectivity index is 2.71. The molecule has 0 saturated carbocycles. The number of hydrogen-bond acceptors (Lipinski definition) is 3. The number of carbonyl (C=O) groups excluding carboxylic acids is 1. The molecule has 0 bridgehead atoms. The number of carboxylic acids is 1. The molecule has 1 amide bonds. The van der Waals surface area contributed by atoms with Gasteiger partial charge in [-0.2, -0.15) is 0 Å². The van der Waals surface area contributed by atoms with E-state index in [0.717, 1.165) is 5.69 Å². The molecule has 0 saturated heterocycles. The van der Waals surface area contributed by atoms with Gasteiger partial charge in [0, 0.05) is 11.9 Å². The first-order valence-electron chi connectivity index (χ1n) is 5.01. The van der Waals surface area contributed by atoms with Crippen molar-refractivity contribution in [3.05, 3.63) is 29.6 Å². The van der Waals surface area contributed by atoms with Crippen LogP contribution in [0.2, 0.25) is 0 Å². The van der Waals surface area contributed by atoms with Gasteiger partial charge in [-0.25, -0.2) is 4.79 Å². The van der Waals surface area contributed by atoms with E-state index in [1.54, 1.807) is 19.1 Å². The van der Waals surface area contributed by atoms with Gasteiger partial charge >= 0.3 is 5.97 Å². The van der Waals surface area contributed by atoms with Crippen molar-refractivity contribution in [2.75, 3.05) is 0 Å². The minimum atomic E-state index is -1.03. The van der Waals surface area contributed by atoms with E-state index in [4.69, 9.17) is 5.11 Å². The number of amides is 1. The average molecular weight is 222 g/mol. The Hall–Kier alpha value is -1.91. The molecule has 5 nitrogen and oxygen atoms in total. The lowest BCUT2D eigenvalue weighted by Crippen LogP contribution is -2.40. The van der Waals surface area contributed by atoms with Crippen molar-refractivity contribution in [1.29, 1.82) is 0 Å². The Morgan fingerprint density at radius 3 is 2.62 bits per heavy atom. The van der Waals surface area contributed by atoms with Crippen LogP contribution in [0.15, 0.2) is 18.3 Å². The van der Waals surface area contributed by atoms with E-state index in [9.17, 15) is 9.59 Å². The molecule has 0 radical (unpaired) electrons. The summed E-state index contributed by atoms with van der Waals surface area (Å²) in [5, 5.41) is 11.2. The molecule has 16 heavy (non-hydrogen) atoms. The van der Waals surface area contributed by atoms with Gasteiger partial charge in [-0.1, -0.05) is 6.92 Å². The van der Waals surface area contributed by atoms with Gasteiger partial charge in [0.15, 0.2) is 0 Å². The highest BCUT2D eigenvalue weighted by Crippen LogP contribution is 2.01. The molecule has 5 heteroatoms. The number of rotatable bonds is 4. The summed E-state index contributed by atoms with van der Waals surface area (Å²) in [4.78, 5) is 26.3. The van der Waals surface area contributed by atoms with E-state index in [2.05, 4.69) is 10.3 Å². The highest BCUT2D eigenvalue weighted by Gasteiger charge is 2.18. The summed E-state index contributed by atoms with van der Waals surface area (Å²) < 4.78 is 0. The topological polar surface area (TPSA) is 79.3 Å². The van der Waals surface area contributed by atoms with Gasteiger partial charge in [0.25, 0.3) is 5.91 Å². The standard InChI is InChI=1S/C11H14N2O3/c1-3-9(11(15)16)13-10(14)8-5-4-7(2)12-6-8/h4-6,9H,3H2,1-2H3,(H,13,14)(H,15,16)/t9-/m1/s1. The molecule has 1 heterocycles. The maximum Gasteiger partial charge on any atom is 0.326 e. The molecule has 2 N–H and O–H groups in total. The Labute approximate surface area is 93.5 Å². The van der Waals surface area contributed by atoms with Crippen LogP contribution < -0.4 is 5.32 Å². The van der Waals surface area contributed by atoms with Crippen molar-refractivity contribution in [2.24, 2.45) is 0 Å². The van der Waals surface area contributed by atoms with Crippen molar-refractivity contribution in [1.82, 2.24) is 10.3 Å². The van der Waals surface area contributed by atoms with Crippen molar-refractivity contribution < 1.29 is 14.7 Å². The Morgan fingerprint density at radius 1 is 1.50 bits per heavy atom. The van der Waals surface area contributed by atoms with Gasteiger partial charge in [0.2, 0.25) is 0 Å². The summed E-state index contributed by atoms with van der Waals surface area (Å²) in [6.07, 6.45) is 1.78. The molecule has 0 aromatic carbocycles. The first kappa shape index (κ1) is 12.2. The van der Waals surface area contributed by atoms with Crippen LogP contribution in [0.3, 0.4) is 0 Å². The zero-order chi connectivity index (χ0) is 12.1. The van der Waals surface area contributed by atoms with E-state index in [1.165, 1.54) is 6.20 Å². The highest BCUT2D eigenvalue weighted by atomic mass is 16.4. The highest BCUT2D eigenvalue weighted by molar-refractivity contribution is 5.96. The summed E-state index contributed by atoms with van der Waals surface area (Å²) in [7, 11) is 0. The lowest BCUT2D eigenvalue weighted by atomic mass is 10.2. The van der Waals surface area contributed by atoms with Crippen LogP contribution >= 0.6 is 0 Å². The summed E-state index contributed by atoms with van der Waals surface area (Å²) in [5.74, 6) is -1.45. The minimum Gasteiger partial charge on any atom is -0.480 e. The lowest BCUT2D eigenvalue weighted by molar-refractivity contribution is -0.139. The number of carbonyl (C=O) groups is 2. The molecule has 86 valence electrons. The summed E-state index contributed by atoms with van der Waals surface area (Å²) in [5.41, 5.74) is 1.17. The Bertz CT molecular complexity index is 387. The van der Waals surface area contributed by atoms with Gasteiger partial charge < -0.3 is 10.4 Å². The predicted molar refractivity (Wildman–Crippen MR) is 58.2 cm³/mol. The molecule has 0 unspecified atom stereocenters. The third-order valence-electron chi connectivity index (χ3n) is 2.19. The predicted octanol–water partition coefficient (Wildman–Crippen LogP) is 0.983. The van der Waals surface area contributed by atoms with Crippen LogP contribution in [-0.4, -0.2) is 28.0 Å². The third-order valence-corrected chi connectivity index (χ3v) is 2.19. The van der Waals surface area contributed by atoms with E-state index >= 15 is 0 Å². The van der Waals surface area contributed by atoms with Crippen molar-refractivity contribution >= 4 is 11.9 Å². The largest absolute Gasteiger partial charge is 0.480 e. The van der Waals surface area contributed by atoms with Crippen molar-refractivity contribution in [3.63, 3.8) is 0 Å². The smallest absolute Gasteiger partial charge is 0.326 e. The maximum absolute atomic E-state index is 11.6. The molecule has 0 aliphatic heterocycles. The van der Waals surface area contributed by atoms with Gasteiger partial charge in [0.05, 0.1) is 5.56 Å². The monoisotopic (exact) mass is 222 g/mol. The molecular weight excluding hydrogens is 208 g/mol. The number of aliphatic carboxylic acids is 1. The van der Waals surface area contributed by atoms with Crippen molar-refractivity contribution in [2.45, 2.75) is 26.3 Å². The Morgan fingerprint density at radius 2 is 2.19 bits per heavy atom. The van der Waals surface area contributed by atoms with Crippen LogP contribution in [0, 0.1) is 6.92 Å². The SMILES string of the molecule is CC[C@@H](NC(=O)c1ccc(C)nc1)C(=O)O. The molecule has 0 aliphatic carbocycles. The zero-order valence-electron chi connectivity index (χ0n) is 9.23. The molecule has 0 spiro atoms. The Kier molecular flexibility index (Phi) is 3.99. The van der Waals surface area contributed by atoms with Crippen LogP contribution in [0.1, 0.15) is 29.4 Å². The van der Waals surface area contributed by atoms with E-state index in [1.807, 2.05) is 6.92 Å². The fraction of sp³-hybridized carbons (Fsp3) is 0.364. The lowest BCUT2D eigenvalue weighted by Gasteiger charge is -2.11. The first-order valence-corrected chi connectivity index (χ1v) is 5.01. The van der Waals surface area contributed by atoms with Gasteiger partial charge in [0.1, 0.15) is 6.04 Å². The van der Waals surface area contributed by atoms with E-state index < -0.39 is 17.9 Å². The van der Waals surface area contributed by atoms with Crippen molar-refractivity contribution in [3.8, 4) is 0 Å². The number of aromatic nitrogens is 1. The summed E-state index contributed by atoms with van der Waals surface area (Å²) >= 11 is 0. The minimum absolute atomic E-state index is 0.348. The fourth-order valence-corrected chi connectivity index (χ4v) is 1.18. The fourth-order valence-electron chi connectivity index (χ4n) is 1.18. The second-order valence-electron chi connectivity index (χ2n) is 3.46. The quantitative estimate of drug-likeness (QED) is 0.796. The van der Waals surface area contributed by atoms with Crippen LogP contribution in [-0.2, 0) is 4.79 Å². The number of pyridine rings is 1. The second kappa shape index (κ2) is 5.25. The van der Waals surface area contributed by atoms with E-state index in [0.29, 0.717) is 12.0 Å².